The van der Waals surface area contributed by atoms with Crippen LogP contribution in [0.25, 0.3) is 0 Å². The van der Waals surface area contributed by atoms with E-state index < -0.39 is 40.2 Å². The highest BCUT2D eigenvalue weighted by Crippen LogP contribution is 2.35. The van der Waals surface area contributed by atoms with Gasteiger partial charge >= 0.3 is 0 Å². The second-order valence-corrected chi connectivity index (χ2v) is 10.7. The van der Waals surface area contributed by atoms with Crippen LogP contribution >= 0.6 is 34.8 Å². The molecule has 0 saturated heterocycles. The molecule has 2 rings (SSSR count). The number of carbonyl (C=O) groups is 2. The molecule has 0 heterocycles. The van der Waals surface area contributed by atoms with Gasteiger partial charge in [-0.25, -0.2) is 12.8 Å². The molecule has 12 heteroatoms. The second kappa shape index (κ2) is 12.1. The summed E-state index contributed by atoms with van der Waals surface area (Å²) in [5, 5.41) is 2.80. The zero-order valence-electron chi connectivity index (χ0n) is 18.8. The van der Waals surface area contributed by atoms with E-state index in [2.05, 4.69) is 5.32 Å². The van der Waals surface area contributed by atoms with Crippen LogP contribution in [0.2, 0.25) is 15.1 Å². The van der Waals surface area contributed by atoms with Crippen LogP contribution in [-0.4, -0.2) is 50.5 Å². The molecule has 7 nitrogen and oxygen atoms in total. The normalized spacial score (nSPS) is 12.2. The van der Waals surface area contributed by atoms with Crippen molar-refractivity contribution in [3.05, 3.63) is 62.8 Å². The number of amides is 2. The molecule has 34 heavy (non-hydrogen) atoms. The van der Waals surface area contributed by atoms with Crippen molar-refractivity contribution in [3.63, 3.8) is 0 Å². The van der Waals surface area contributed by atoms with E-state index in [0.29, 0.717) is 13.0 Å². The van der Waals surface area contributed by atoms with E-state index in [1.807, 2.05) is 6.92 Å². The SMILES string of the molecule is CCCNC(=O)[C@@H](C)N(Cc1ccccc1F)C(=O)CN(c1cc(Cl)c(Cl)cc1Cl)S(C)(=O)=O. The fraction of sp³-hybridized carbons (Fsp3) is 0.364. The summed E-state index contributed by atoms with van der Waals surface area (Å²) in [5.41, 5.74) is 0.116. The molecule has 2 aromatic carbocycles. The van der Waals surface area contributed by atoms with Gasteiger partial charge in [-0.2, -0.15) is 0 Å². The first-order valence-electron chi connectivity index (χ1n) is 10.3. The average Bonchev–Trinajstić information content (AvgIpc) is 2.76. The lowest BCUT2D eigenvalue weighted by molar-refractivity contribution is -0.139. The van der Waals surface area contributed by atoms with Crippen LogP contribution < -0.4 is 9.62 Å². The van der Waals surface area contributed by atoms with Gasteiger partial charge < -0.3 is 10.2 Å². The molecule has 186 valence electrons. The largest absolute Gasteiger partial charge is 0.354 e. The summed E-state index contributed by atoms with van der Waals surface area (Å²) in [6.07, 6.45) is 1.58. The summed E-state index contributed by atoms with van der Waals surface area (Å²) in [4.78, 5) is 27.1. The number of carbonyl (C=O) groups excluding carboxylic acids is 2. The van der Waals surface area contributed by atoms with Gasteiger partial charge in [0.05, 0.1) is 27.0 Å². The first-order valence-corrected chi connectivity index (χ1v) is 13.3. The number of sulfonamides is 1. The van der Waals surface area contributed by atoms with E-state index in [1.54, 1.807) is 6.07 Å². The Morgan fingerprint density at radius 2 is 1.71 bits per heavy atom. The maximum Gasteiger partial charge on any atom is 0.244 e. The van der Waals surface area contributed by atoms with Crippen molar-refractivity contribution in [2.75, 3.05) is 23.7 Å². The van der Waals surface area contributed by atoms with E-state index in [1.165, 1.54) is 37.3 Å². The molecular formula is C22H25Cl3FN3O4S. The van der Waals surface area contributed by atoms with Crippen molar-refractivity contribution in [1.82, 2.24) is 10.2 Å². The molecule has 0 aromatic heterocycles. The molecule has 0 aliphatic carbocycles. The second-order valence-electron chi connectivity index (χ2n) is 7.57. The number of hydrogen-bond donors (Lipinski definition) is 1. The summed E-state index contributed by atoms with van der Waals surface area (Å²) in [7, 11) is -4.01. The van der Waals surface area contributed by atoms with E-state index in [0.717, 1.165) is 15.5 Å². The van der Waals surface area contributed by atoms with Crippen LogP contribution in [0.3, 0.4) is 0 Å². The number of halogens is 4. The first kappa shape index (κ1) is 28.2. The lowest BCUT2D eigenvalue weighted by atomic mass is 10.1. The predicted octanol–water partition coefficient (Wildman–Crippen LogP) is 4.50. The Balaban J connectivity index is 2.46. The van der Waals surface area contributed by atoms with Crippen molar-refractivity contribution in [2.24, 2.45) is 0 Å². The number of nitrogens with one attached hydrogen (secondary N) is 1. The fourth-order valence-electron chi connectivity index (χ4n) is 3.09. The van der Waals surface area contributed by atoms with Crippen molar-refractivity contribution in [3.8, 4) is 0 Å². The van der Waals surface area contributed by atoms with Gasteiger partial charge in [0, 0.05) is 18.7 Å². The van der Waals surface area contributed by atoms with Gasteiger partial charge in [0.2, 0.25) is 21.8 Å². The van der Waals surface area contributed by atoms with E-state index in [4.69, 9.17) is 34.8 Å². The molecule has 0 aliphatic heterocycles. The number of benzene rings is 2. The Morgan fingerprint density at radius 3 is 2.29 bits per heavy atom. The molecule has 0 unspecified atom stereocenters. The maximum absolute atomic E-state index is 14.3. The lowest BCUT2D eigenvalue weighted by Crippen LogP contribution is -2.51. The standard InChI is InChI=1S/C22H25Cl3FN3O4S/c1-4-9-27-22(31)14(2)28(12-15-7-5-6-8-19(15)26)21(30)13-29(34(3,32)33)20-11-17(24)16(23)10-18(20)25/h5-8,10-11,14H,4,9,12-13H2,1-3H3,(H,27,31)/t14-/m1/s1. The zero-order valence-corrected chi connectivity index (χ0v) is 21.9. The third kappa shape index (κ3) is 7.21. The van der Waals surface area contributed by atoms with Gasteiger partial charge in [0.1, 0.15) is 18.4 Å². The Morgan fingerprint density at radius 1 is 1.09 bits per heavy atom. The Kier molecular flexibility index (Phi) is 9.99. The number of nitrogens with zero attached hydrogens (tertiary/aromatic N) is 2. The molecule has 1 N–H and O–H groups in total. The summed E-state index contributed by atoms with van der Waals surface area (Å²) in [5.74, 6) is -1.76. The van der Waals surface area contributed by atoms with E-state index >= 15 is 0 Å². The minimum absolute atomic E-state index is 0.0395. The average molecular weight is 553 g/mol. The van der Waals surface area contributed by atoms with E-state index in [9.17, 15) is 22.4 Å². The van der Waals surface area contributed by atoms with Gasteiger partial charge in [-0.1, -0.05) is 59.9 Å². The third-order valence-corrected chi connectivity index (χ3v) is 7.10. The summed E-state index contributed by atoms with van der Waals surface area (Å²) >= 11 is 18.2. The first-order chi connectivity index (χ1) is 15.9. The third-order valence-electron chi connectivity index (χ3n) is 4.95. The summed E-state index contributed by atoms with van der Waals surface area (Å²) < 4.78 is 40.3. The van der Waals surface area contributed by atoms with Gasteiger partial charge in [0.15, 0.2) is 0 Å². The highest BCUT2D eigenvalue weighted by Gasteiger charge is 2.31. The minimum Gasteiger partial charge on any atom is -0.354 e. The van der Waals surface area contributed by atoms with Gasteiger partial charge in [-0.05, 0) is 31.5 Å². The predicted molar refractivity (Wildman–Crippen MR) is 133 cm³/mol. The fourth-order valence-corrected chi connectivity index (χ4v) is 4.63. The van der Waals surface area contributed by atoms with Crippen molar-refractivity contribution >= 4 is 62.3 Å². The Hall–Kier alpha value is -2.07. The van der Waals surface area contributed by atoms with Gasteiger partial charge in [-0.3, -0.25) is 13.9 Å². The molecule has 0 aliphatic rings. The number of anilines is 1. The molecule has 1 atom stereocenters. The van der Waals surface area contributed by atoms with Crippen molar-refractivity contribution in [1.29, 1.82) is 0 Å². The zero-order chi connectivity index (χ0) is 25.6. The van der Waals surface area contributed by atoms with Gasteiger partial charge in [0.25, 0.3) is 0 Å². The molecular weight excluding hydrogens is 528 g/mol. The van der Waals surface area contributed by atoms with Crippen LogP contribution in [0.5, 0.6) is 0 Å². The van der Waals surface area contributed by atoms with E-state index in [-0.39, 0.29) is 32.9 Å². The van der Waals surface area contributed by atoms with Crippen molar-refractivity contribution < 1.29 is 22.4 Å². The molecule has 0 bridgehead atoms. The van der Waals surface area contributed by atoms with Crippen LogP contribution in [0.15, 0.2) is 36.4 Å². The maximum atomic E-state index is 14.3. The Bertz CT molecular complexity index is 1160. The Labute approximate surface area is 213 Å². The van der Waals surface area contributed by atoms with Crippen molar-refractivity contribution in [2.45, 2.75) is 32.9 Å². The quantitative estimate of drug-likeness (QED) is 0.440. The van der Waals surface area contributed by atoms with Crippen LogP contribution in [0, 0.1) is 5.82 Å². The highest BCUT2D eigenvalue weighted by atomic mass is 35.5. The monoisotopic (exact) mass is 551 g/mol. The highest BCUT2D eigenvalue weighted by molar-refractivity contribution is 7.92. The molecule has 0 saturated carbocycles. The van der Waals surface area contributed by atoms with Crippen LogP contribution in [0.4, 0.5) is 10.1 Å². The smallest absolute Gasteiger partial charge is 0.244 e. The van der Waals surface area contributed by atoms with Crippen LogP contribution in [-0.2, 0) is 26.2 Å². The lowest BCUT2D eigenvalue weighted by Gasteiger charge is -2.31. The molecule has 0 fully saturated rings. The molecule has 0 radical (unpaired) electrons. The number of rotatable bonds is 10. The summed E-state index contributed by atoms with van der Waals surface area (Å²) in [6.45, 7) is 2.80. The number of hydrogen-bond acceptors (Lipinski definition) is 4. The topological polar surface area (TPSA) is 86.8 Å². The minimum atomic E-state index is -4.01. The molecule has 0 spiro atoms. The molecule has 2 amide bonds. The van der Waals surface area contributed by atoms with Gasteiger partial charge in [-0.15, -0.1) is 0 Å². The summed E-state index contributed by atoms with van der Waals surface area (Å²) in [6, 6.07) is 7.31. The molecule has 2 aromatic rings. The van der Waals surface area contributed by atoms with Crippen LogP contribution in [0.1, 0.15) is 25.8 Å².